The van der Waals surface area contributed by atoms with Crippen molar-refractivity contribution in [3.05, 3.63) is 41.0 Å². The molecule has 20 heavy (non-hydrogen) atoms. The largest absolute Gasteiger partial charge is 0.496 e. The highest BCUT2D eigenvalue weighted by atomic mass is 16.5. The molecule has 0 aromatic carbocycles. The van der Waals surface area contributed by atoms with Gasteiger partial charge in [0.1, 0.15) is 5.75 Å². The summed E-state index contributed by atoms with van der Waals surface area (Å²) >= 11 is 0. The van der Waals surface area contributed by atoms with Crippen molar-refractivity contribution in [2.75, 3.05) is 7.11 Å². The molecule has 0 saturated heterocycles. The number of nitrogens with zero attached hydrogens (tertiary/aromatic N) is 3. The molecule has 0 bridgehead atoms. The first kappa shape index (κ1) is 14.2. The smallest absolute Gasteiger partial charge is 0.165 e. The first-order chi connectivity index (χ1) is 9.56. The molecule has 0 aliphatic heterocycles. The third-order valence-corrected chi connectivity index (χ3v) is 3.34. The lowest BCUT2D eigenvalue weighted by Crippen LogP contribution is -2.06. The number of hydrogen-bond acceptors (Lipinski definition) is 4. The molecule has 0 saturated carbocycles. The normalized spacial score (nSPS) is 10.6. The standard InChI is InChI=1S/C15H19N3O2/c1-5-14(19)12-7-17-18(8-12)9-13-11(3)15(20-4)10(2)6-16-13/h6-8H,5,9H2,1-4H3. The molecular formula is C15H19N3O2. The molecule has 0 unspecified atom stereocenters. The quantitative estimate of drug-likeness (QED) is 0.786. The van der Waals surface area contributed by atoms with Crippen LogP contribution in [-0.2, 0) is 6.54 Å². The first-order valence-electron chi connectivity index (χ1n) is 6.61. The predicted molar refractivity (Wildman–Crippen MR) is 76.2 cm³/mol. The molecule has 0 aliphatic carbocycles. The maximum absolute atomic E-state index is 11.6. The summed E-state index contributed by atoms with van der Waals surface area (Å²) in [6.07, 6.45) is 5.65. The summed E-state index contributed by atoms with van der Waals surface area (Å²) in [6.45, 7) is 6.32. The zero-order valence-electron chi connectivity index (χ0n) is 12.3. The molecule has 0 fully saturated rings. The van der Waals surface area contributed by atoms with E-state index in [1.165, 1.54) is 0 Å². The van der Waals surface area contributed by atoms with Crippen LogP contribution in [-0.4, -0.2) is 27.7 Å². The van der Waals surface area contributed by atoms with Crippen molar-refractivity contribution in [3.8, 4) is 5.75 Å². The number of carbonyl (C=O) groups is 1. The lowest BCUT2D eigenvalue weighted by atomic mass is 10.1. The monoisotopic (exact) mass is 273 g/mol. The number of hydrogen-bond donors (Lipinski definition) is 0. The van der Waals surface area contributed by atoms with Gasteiger partial charge in [-0.25, -0.2) is 0 Å². The number of aromatic nitrogens is 3. The second-order valence-corrected chi connectivity index (χ2v) is 4.75. The van der Waals surface area contributed by atoms with Gasteiger partial charge in [-0.2, -0.15) is 5.10 Å². The summed E-state index contributed by atoms with van der Waals surface area (Å²) in [5.41, 5.74) is 3.55. The molecule has 0 atom stereocenters. The Morgan fingerprint density at radius 1 is 1.35 bits per heavy atom. The van der Waals surface area contributed by atoms with Gasteiger partial charge in [0.25, 0.3) is 0 Å². The minimum absolute atomic E-state index is 0.0995. The Labute approximate surface area is 118 Å². The van der Waals surface area contributed by atoms with E-state index in [2.05, 4.69) is 10.1 Å². The number of pyridine rings is 1. The van der Waals surface area contributed by atoms with Crippen LogP contribution in [0.2, 0.25) is 0 Å². The summed E-state index contributed by atoms with van der Waals surface area (Å²) < 4.78 is 7.12. The van der Waals surface area contributed by atoms with E-state index in [0.29, 0.717) is 18.5 Å². The van der Waals surface area contributed by atoms with Gasteiger partial charge in [-0.1, -0.05) is 6.92 Å². The topological polar surface area (TPSA) is 57.0 Å². The third kappa shape index (κ3) is 2.71. The van der Waals surface area contributed by atoms with Crippen LogP contribution in [0.3, 0.4) is 0 Å². The number of aryl methyl sites for hydroxylation is 1. The Kier molecular flexibility index (Phi) is 4.17. The minimum atomic E-state index is 0.0995. The number of Topliss-reactive ketones (excluding diaryl/α,β-unsaturated/α-hetero) is 1. The van der Waals surface area contributed by atoms with E-state index in [0.717, 1.165) is 22.6 Å². The Balaban J connectivity index is 2.26. The van der Waals surface area contributed by atoms with Crippen LogP contribution in [0.1, 0.15) is 40.5 Å². The van der Waals surface area contributed by atoms with Gasteiger partial charge in [0.15, 0.2) is 5.78 Å². The molecule has 0 aliphatic rings. The SMILES string of the molecule is CCC(=O)c1cnn(Cc2ncc(C)c(OC)c2C)c1. The van der Waals surface area contributed by atoms with Gasteiger partial charge >= 0.3 is 0 Å². The van der Waals surface area contributed by atoms with Crippen molar-refractivity contribution in [1.29, 1.82) is 0 Å². The number of ketones is 1. The molecule has 2 heterocycles. The van der Waals surface area contributed by atoms with Gasteiger partial charge in [0.2, 0.25) is 0 Å². The number of rotatable bonds is 5. The average molecular weight is 273 g/mol. The van der Waals surface area contributed by atoms with Crippen LogP contribution < -0.4 is 4.74 Å². The maximum Gasteiger partial charge on any atom is 0.165 e. The molecule has 2 aromatic heterocycles. The van der Waals surface area contributed by atoms with Gasteiger partial charge in [-0.3, -0.25) is 14.5 Å². The summed E-state index contributed by atoms with van der Waals surface area (Å²) in [4.78, 5) is 16.0. The summed E-state index contributed by atoms with van der Waals surface area (Å²) in [7, 11) is 1.66. The Morgan fingerprint density at radius 3 is 2.75 bits per heavy atom. The third-order valence-electron chi connectivity index (χ3n) is 3.34. The van der Waals surface area contributed by atoms with Crippen LogP contribution in [0.15, 0.2) is 18.6 Å². The van der Waals surface area contributed by atoms with Crippen molar-refractivity contribution in [3.63, 3.8) is 0 Å². The molecular weight excluding hydrogens is 254 g/mol. The van der Waals surface area contributed by atoms with Crippen molar-refractivity contribution < 1.29 is 9.53 Å². The van der Waals surface area contributed by atoms with E-state index in [9.17, 15) is 4.79 Å². The van der Waals surface area contributed by atoms with Crippen LogP contribution >= 0.6 is 0 Å². The van der Waals surface area contributed by atoms with E-state index >= 15 is 0 Å². The van der Waals surface area contributed by atoms with Gasteiger partial charge in [0, 0.05) is 29.9 Å². The van der Waals surface area contributed by atoms with Crippen LogP contribution in [0, 0.1) is 13.8 Å². The zero-order chi connectivity index (χ0) is 14.7. The molecule has 2 rings (SSSR count). The number of methoxy groups -OCH3 is 1. The van der Waals surface area contributed by atoms with Crippen molar-refractivity contribution in [2.24, 2.45) is 0 Å². The predicted octanol–water partition coefficient (Wildman–Crippen LogP) is 2.54. The molecule has 0 spiro atoms. The first-order valence-corrected chi connectivity index (χ1v) is 6.61. The highest BCUT2D eigenvalue weighted by molar-refractivity contribution is 5.95. The van der Waals surface area contributed by atoms with E-state index in [4.69, 9.17) is 4.74 Å². The second-order valence-electron chi connectivity index (χ2n) is 4.75. The second kappa shape index (κ2) is 5.86. The van der Waals surface area contributed by atoms with E-state index in [1.54, 1.807) is 30.4 Å². The van der Waals surface area contributed by atoms with Gasteiger partial charge < -0.3 is 4.74 Å². The summed E-state index contributed by atoms with van der Waals surface area (Å²) in [5, 5.41) is 4.21. The van der Waals surface area contributed by atoms with Crippen molar-refractivity contribution >= 4 is 5.78 Å². The zero-order valence-corrected chi connectivity index (χ0v) is 12.3. The molecule has 0 N–H and O–H groups in total. The van der Waals surface area contributed by atoms with E-state index in [1.807, 2.05) is 20.8 Å². The van der Waals surface area contributed by atoms with Gasteiger partial charge in [-0.05, 0) is 13.8 Å². The maximum atomic E-state index is 11.6. The molecule has 2 aromatic rings. The summed E-state index contributed by atoms with van der Waals surface area (Å²) in [6, 6.07) is 0. The summed E-state index contributed by atoms with van der Waals surface area (Å²) in [5.74, 6) is 0.953. The fourth-order valence-electron chi connectivity index (χ4n) is 2.18. The van der Waals surface area contributed by atoms with E-state index in [-0.39, 0.29) is 5.78 Å². The van der Waals surface area contributed by atoms with Crippen LogP contribution in [0.25, 0.3) is 0 Å². The van der Waals surface area contributed by atoms with Crippen LogP contribution in [0.5, 0.6) is 5.75 Å². The minimum Gasteiger partial charge on any atom is -0.496 e. The molecule has 106 valence electrons. The van der Waals surface area contributed by atoms with E-state index < -0.39 is 0 Å². The molecule has 5 heteroatoms. The van der Waals surface area contributed by atoms with Gasteiger partial charge in [0.05, 0.1) is 31.1 Å². The lowest BCUT2D eigenvalue weighted by molar-refractivity contribution is 0.0988. The van der Waals surface area contributed by atoms with Gasteiger partial charge in [-0.15, -0.1) is 0 Å². The molecule has 0 amide bonds. The van der Waals surface area contributed by atoms with Crippen molar-refractivity contribution in [2.45, 2.75) is 33.7 Å². The van der Waals surface area contributed by atoms with Crippen LogP contribution in [0.4, 0.5) is 0 Å². The number of carbonyl (C=O) groups excluding carboxylic acids is 1. The molecule has 5 nitrogen and oxygen atoms in total. The Bertz CT molecular complexity index is 632. The Morgan fingerprint density at radius 2 is 2.10 bits per heavy atom. The highest BCUT2D eigenvalue weighted by Gasteiger charge is 2.11. The number of ether oxygens (including phenoxy) is 1. The fraction of sp³-hybridized carbons (Fsp3) is 0.400. The Hall–Kier alpha value is -2.17. The van der Waals surface area contributed by atoms with Crippen molar-refractivity contribution in [1.82, 2.24) is 14.8 Å². The molecule has 0 radical (unpaired) electrons. The lowest BCUT2D eigenvalue weighted by Gasteiger charge is -2.12. The fourth-order valence-corrected chi connectivity index (χ4v) is 2.18. The average Bonchev–Trinajstić information content (AvgIpc) is 2.90. The highest BCUT2D eigenvalue weighted by Crippen LogP contribution is 2.24.